The Hall–Kier alpha value is -3.86. The molecule has 2 amide bonds. The monoisotopic (exact) mass is 488 g/mol. The lowest BCUT2D eigenvalue weighted by atomic mass is 10.1. The number of amides is 2. The van der Waals surface area contributed by atoms with E-state index < -0.39 is 18.7 Å². The number of benzene rings is 2. The van der Waals surface area contributed by atoms with Gasteiger partial charge in [0.15, 0.2) is 5.82 Å². The fraction of sp³-hybridized carbons (Fsp3) is 0.292. The summed E-state index contributed by atoms with van der Waals surface area (Å²) in [5.74, 6) is -0.149. The molecule has 0 radical (unpaired) electrons. The Morgan fingerprint density at radius 2 is 2.00 bits per heavy atom. The molecule has 1 saturated heterocycles. The molecule has 8 nitrogen and oxygen atoms in total. The van der Waals surface area contributed by atoms with Gasteiger partial charge in [0.05, 0.1) is 31.0 Å². The number of nitrogens with one attached hydrogen (secondary N) is 2. The Kier molecular flexibility index (Phi) is 7.06. The van der Waals surface area contributed by atoms with E-state index in [9.17, 15) is 22.8 Å². The number of rotatable bonds is 8. The molecule has 11 heteroatoms. The molecule has 0 saturated carbocycles. The van der Waals surface area contributed by atoms with Gasteiger partial charge in [0.1, 0.15) is 12.4 Å². The molecule has 1 fully saturated rings. The molecule has 3 aromatic rings. The molecule has 0 spiro atoms. The first-order valence-corrected chi connectivity index (χ1v) is 10.8. The molecule has 1 aliphatic rings. The third kappa shape index (κ3) is 6.18. The minimum Gasteiger partial charge on any atom is -0.497 e. The van der Waals surface area contributed by atoms with Crippen molar-refractivity contribution in [2.45, 2.75) is 19.2 Å². The van der Waals surface area contributed by atoms with E-state index in [0.717, 1.165) is 0 Å². The Morgan fingerprint density at radius 3 is 2.71 bits per heavy atom. The van der Waals surface area contributed by atoms with Crippen LogP contribution >= 0.6 is 0 Å². The largest absolute Gasteiger partial charge is 0.497 e. The fourth-order valence-corrected chi connectivity index (χ4v) is 3.71. The molecule has 0 aliphatic carbocycles. The Bertz CT molecular complexity index is 1230. The molecular formula is C24H23F3N4O4. The Morgan fingerprint density at radius 1 is 1.20 bits per heavy atom. The topological polar surface area (TPSA) is 94.5 Å². The predicted octanol–water partition coefficient (Wildman–Crippen LogP) is 3.70. The van der Waals surface area contributed by atoms with E-state index in [2.05, 4.69) is 15.7 Å². The van der Waals surface area contributed by atoms with Crippen molar-refractivity contribution in [2.24, 2.45) is 5.92 Å². The molecule has 184 valence electrons. The SMILES string of the molecule is COc1cccc(-n2nc(NC(=O)[C@@H]3CNC(=O)C3)cc2-c2cccc(COCC(F)(F)F)c2)c1. The van der Waals surface area contributed by atoms with Gasteiger partial charge in [0.2, 0.25) is 11.8 Å². The van der Waals surface area contributed by atoms with E-state index >= 15 is 0 Å². The molecule has 1 aliphatic heterocycles. The quantitative estimate of drug-likeness (QED) is 0.504. The molecule has 1 aromatic heterocycles. The van der Waals surface area contributed by atoms with Crippen LogP contribution in [0.3, 0.4) is 0 Å². The smallest absolute Gasteiger partial charge is 0.411 e. The number of carbonyl (C=O) groups excluding carboxylic acids is 2. The maximum atomic E-state index is 12.6. The number of nitrogens with zero attached hydrogens (tertiary/aromatic N) is 2. The number of aromatic nitrogens is 2. The zero-order valence-corrected chi connectivity index (χ0v) is 18.8. The number of ether oxygens (including phenoxy) is 2. The van der Waals surface area contributed by atoms with Crippen molar-refractivity contribution in [2.75, 3.05) is 25.6 Å². The van der Waals surface area contributed by atoms with Crippen molar-refractivity contribution in [3.63, 3.8) is 0 Å². The summed E-state index contributed by atoms with van der Waals surface area (Å²) in [4.78, 5) is 24.1. The van der Waals surface area contributed by atoms with Crippen LogP contribution in [0.25, 0.3) is 16.9 Å². The van der Waals surface area contributed by atoms with E-state index in [-0.39, 0.29) is 37.2 Å². The van der Waals surface area contributed by atoms with E-state index in [1.165, 1.54) is 7.11 Å². The van der Waals surface area contributed by atoms with Crippen LogP contribution < -0.4 is 15.4 Å². The lowest BCUT2D eigenvalue weighted by Gasteiger charge is -2.11. The Labute approximate surface area is 199 Å². The van der Waals surface area contributed by atoms with Gasteiger partial charge >= 0.3 is 6.18 Å². The lowest BCUT2D eigenvalue weighted by molar-refractivity contribution is -0.176. The average Bonchev–Trinajstić information content (AvgIpc) is 3.45. The summed E-state index contributed by atoms with van der Waals surface area (Å²) in [6, 6.07) is 15.7. The highest BCUT2D eigenvalue weighted by Gasteiger charge is 2.29. The Balaban J connectivity index is 1.65. The van der Waals surface area contributed by atoms with E-state index in [1.807, 2.05) is 0 Å². The second-order valence-electron chi connectivity index (χ2n) is 8.03. The zero-order valence-electron chi connectivity index (χ0n) is 18.8. The van der Waals surface area contributed by atoms with Crippen molar-refractivity contribution >= 4 is 17.6 Å². The van der Waals surface area contributed by atoms with Crippen molar-refractivity contribution < 1.29 is 32.2 Å². The van der Waals surface area contributed by atoms with Crippen LogP contribution in [0.4, 0.5) is 19.0 Å². The average molecular weight is 488 g/mol. The first kappa shape index (κ1) is 24.3. The van der Waals surface area contributed by atoms with Gasteiger partial charge in [0.25, 0.3) is 0 Å². The number of methoxy groups -OCH3 is 1. The number of carbonyl (C=O) groups is 2. The molecule has 2 N–H and O–H groups in total. The molecule has 0 bridgehead atoms. The van der Waals surface area contributed by atoms with Crippen molar-refractivity contribution in [1.29, 1.82) is 0 Å². The van der Waals surface area contributed by atoms with Gasteiger partial charge < -0.3 is 20.1 Å². The standard InChI is InChI=1S/C24H23F3N4O4/c1-34-19-7-3-6-18(10-19)31-20(11-21(30-31)29-23(33)17-9-22(32)28-12-17)16-5-2-4-15(8-16)13-35-14-24(25,26)27/h2-8,10-11,17H,9,12-14H2,1H3,(H,28,32)(H,29,30,33)/t17-/m0/s1. The summed E-state index contributed by atoms with van der Waals surface area (Å²) in [6.45, 7) is -1.30. The summed E-state index contributed by atoms with van der Waals surface area (Å²) in [5.41, 5.74) is 2.45. The molecule has 1 atom stereocenters. The second kappa shape index (κ2) is 10.2. The number of halogens is 3. The lowest BCUT2D eigenvalue weighted by Crippen LogP contribution is -2.24. The maximum absolute atomic E-state index is 12.6. The number of alkyl halides is 3. The first-order chi connectivity index (χ1) is 16.7. The normalized spacial score (nSPS) is 15.7. The van der Waals surface area contributed by atoms with Crippen molar-refractivity contribution in [1.82, 2.24) is 15.1 Å². The van der Waals surface area contributed by atoms with Gasteiger partial charge in [-0.25, -0.2) is 4.68 Å². The van der Waals surface area contributed by atoms with Crippen LogP contribution in [-0.4, -0.2) is 48.0 Å². The summed E-state index contributed by atoms with van der Waals surface area (Å²) in [7, 11) is 1.54. The van der Waals surface area contributed by atoms with Gasteiger partial charge in [0, 0.05) is 30.7 Å². The molecule has 0 unspecified atom stereocenters. The van der Waals surface area contributed by atoms with Crippen LogP contribution in [0, 0.1) is 5.92 Å². The highest BCUT2D eigenvalue weighted by molar-refractivity contribution is 5.97. The fourth-order valence-electron chi connectivity index (χ4n) is 3.71. The van der Waals surface area contributed by atoms with Crippen LogP contribution in [0.2, 0.25) is 0 Å². The highest BCUT2D eigenvalue weighted by Crippen LogP contribution is 2.29. The second-order valence-corrected chi connectivity index (χ2v) is 8.03. The van der Waals surface area contributed by atoms with E-state index in [4.69, 9.17) is 9.47 Å². The molecular weight excluding hydrogens is 465 g/mol. The predicted molar refractivity (Wildman–Crippen MR) is 121 cm³/mol. The van der Waals surface area contributed by atoms with Crippen LogP contribution in [0.15, 0.2) is 54.6 Å². The van der Waals surface area contributed by atoms with E-state index in [1.54, 1.807) is 59.3 Å². The molecule has 2 heterocycles. The van der Waals surface area contributed by atoms with Gasteiger partial charge in [-0.1, -0.05) is 24.3 Å². The van der Waals surface area contributed by atoms with E-state index in [0.29, 0.717) is 28.3 Å². The summed E-state index contributed by atoms with van der Waals surface area (Å²) >= 11 is 0. The summed E-state index contributed by atoms with van der Waals surface area (Å²) in [6.07, 6.45) is -4.30. The van der Waals surface area contributed by atoms with Crippen LogP contribution in [0.5, 0.6) is 5.75 Å². The minimum atomic E-state index is -4.41. The van der Waals surface area contributed by atoms with Crippen molar-refractivity contribution in [3.8, 4) is 22.7 Å². The number of hydrogen-bond acceptors (Lipinski definition) is 5. The molecule has 35 heavy (non-hydrogen) atoms. The number of anilines is 1. The molecule has 2 aromatic carbocycles. The minimum absolute atomic E-state index is 0.106. The summed E-state index contributed by atoms with van der Waals surface area (Å²) in [5, 5.41) is 9.91. The van der Waals surface area contributed by atoms with Gasteiger partial charge in [-0.15, -0.1) is 5.10 Å². The van der Waals surface area contributed by atoms with Crippen molar-refractivity contribution in [3.05, 3.63) is 60.2 Å². The molecule has 4 rings (SSSR count). The maximum Gasteiger partial charge on any atom is 0.411 e. The van der Waals surface area contributed by atoms with Gasteiger partial charge in [-0.3, -0.25) is 9.59 Å². The highest BCUT2D eigenvalue weighted by atomic mass is 19.4. The van der Waals surface area contributed by atoms with Gasteiger partial charge in [-0.05, 0) is 23.8 Å². The van der Waals surface area contributed by atoms with Crippen LogP contribution in [0.1, 0.15) is 12.0 Å². The first-order valence-electron chi connectivity index (χ1n) is 10.8. The third-order valence-electron chi connectivity index (χ3n) is 5.36. The van der Waals surface area contributed by atoms with Gasteiger partial charge in [-0.2, -0.15) is 13.2 Å². The zero-order chi connectivity index (χ0) is 25.0. The number of hydrogen-bond donors (Lipinski definition) is 2. The third-order valence-corrected chi connectivity index (χ3v) is 5.36. The summed E-state index contributed by atoms with van der Waals surface area (Å²) < 4.78 is 49.0. The van der Waals surface area contributed by atoms with Crippen LogP contribution in [-0.2, 0) is 20.9 Å².